The van der Waals surface area contributed by atoms with Crippen LogP contribution in [0.15, 0.2) is 36.8 Å². The first-order chi connectivity index (χ1) is 8.79. The highest BCUT2D eigenvalue weighted by Crippen LogP contribution is 2.03. The Morgan fingerprint density at radius 1 is 1.50 bits per heavy atom. The molecule has 0 aliphatic heterocycles. The minimum Gasteiger partial charge on any atom is -0.367 e. The third-order valence-electron chi connectivity index (χ3n) is 2.45. The van der Waals surface area contributed by atoms with Crippen LogP contribution in [0.1, 0.15) is 21.6 Å². The smallest absolute Gasteiger partial charge is 0.251 e. The van der Waals surface area contributed by atoms with Gasteiger partial charge in [-0.2, -0.15) is 5.26 Å². The van der Waals surface area contributed by atoms with Crippen molar-refractivity contribution in [3.05, 3.63) is 53.6 Å². The van der Waals surface area contributed by atoms with Crippen molar-refractivity contribution in [2.24, 2.45) is 0 Å². The maximum Gasteiger partial charge on any atom is 0.251 e. The molecule has 2 aromatic heterocycles. The van der Waals surface area contributed by atoms with Crippen molar-refractivity contribution in [3.8, 4) is 6.07 Å². The highest BCUT2D eigenvalue weighted by atomic mass is 16.1. The van der Waals surface area contributed by atoms with Crippen molar-refractivity contribution in [2.75, 3.05) is 0 Å². The zero-order valence-corrected chi connectivity index (χ0v) is 9.68. The van der Waals surface area contributed by atoms with Gasteiger partial charge in [0.15, 0.2) is 0 Å². The first-order valence-corrected chi connectivity index (χ1v) is 5.51. The molecule has 2 aromatic rings. The lowest BCUT2D eigenvalue weighted by atomic mass is 10.2. The number of hydrogen-bond acceptors (Lipinski definition) is 3. The van der Waals surface area contributed by atoms with Gasteiger partial charge < -0.3 is 10.3 Å². The average molecular weight is 240 g/mol. The first kappa shape index (κ1) is 11.9. The van der Waals surface area contributed by atoms with Gasteiger partial charge in [0.2, 0.25) is 0 Å². The molecule has 1 amide bonds. The lowest BCUT2D eigenvalue weighted by molar-refractivity contribution is 0.0950. The SMILES string of the molecule is N#CCc1cc(C(=O)NCc2cc[nH]c2)ccn1. The molecule has 5 nitrogen and oxygen atoms in total. The summed E-state index contributed by atoms with van der Waals surface area (Å²) in [5.41, 5.74) is 2.13. The molecule has 0 bridgehead atoms. The second kappa shape index (κ2) is 5.64. The number of aromatic nitrogens is 2. The van der Waals surface area contributed by atoms with Gasteiger partial charge in [-0.05, 0) is 23.8 Å². The second-order valence-corrected chi connectivity index (χ2v) is 3.77. The minimum atomic E-state index is -0.169. The van der Waals surface area contributed by atoms with Crippen LogP contribution >= 0.6 is 0 Å². The van der Waals surface area contributed by atoms with Crippen LogP contribution in [0.4, 0.5) is 0 Å². The number of rotatable bonds is 4. The van der Waals surface area contributed by atoms with E-state index in [-0.39, 0.29) is 12.3 Å². The molecular weight excluding hydrogens is 228 g/mol. The Balaban J connectivity index is 2.00. The summed E-state index contributed by atoms with van der Waals surface area (Å²) in [4.78, 5) is 18.8. The zero-order valence-electron chi connectivity index (χ0n) is 9.68. The fraction of sp³-hybridized carbons (Fsp3) is 0.154. The standard InChI is InChI=1S/C13H12N4O/c14-4-1-12-7-11(3-6-16-12)13(18)17-9-10-2-5-15-8-10/h2-3,5-8,15H,1,9H2,(H,17,18). The Hall–Kier alpha value is -2.61. The Morgan fingerprint density at radius 3 is 3.11 bits per heavy atom. The van der Waals surface area contributed by atoms with E-state index in [0.29, 0.717) is 17.8 Å². The summed E-state index contributed by atoms with van der Waals surface area (Å²) >= 11 is 0. The second-order valence-electron chi connectivity index (χ2n) is 3.77. The van der Waals surface area contributed by atoms with Crippen LogP contribution in [0.25, 0.3) is 0 Å². The summed E-state index contributed by atoms with van der Waals surface area (Å²) in [5.74, 6) is -0.169. The molecule has 0 spiro atoms. The van der Waals surface area contributed by atoms with Crippen LogP contribution in [0.2, 0.25) is 0 Å². The summed E-state index contributed by atoms with van der Waals surface area (Å²) in [6, 6.07) is 7.17. The Morgan fingerprint density at radius 2 is 2.39 bits per heavy atom. The molecule has 0 saturated carbocycles. The Kier molecular flexibility index (Phi) is 3.72. The van der Waals surface area contributed by atoms with Gasteiger partial charge in [0.05, 0.1) is 18.2 Å². The van der Waals surface area contributed by atoms with Crippen LogP contribution in [0.3, 0.4) is 0 Å². The molecule has 90 valence electrons. The van der Waals surface area contributed by atoms with Gasteiger partial charge in [-0.3, -0.25) is 9.78 Å². The monoisotopic (exact) mass is 240 g/mol. The highest BCUT2D eigenvalue weighted by molar-refractivity contribution is 5.94. The van der Waals surface area contributed by atoms with Crippen molar-refractivity contribution in [1.29, 1.82) is 5.26 Å². The molecular formula is C13H12N4O. The average Bonchev–Trinajstić information content (AvgIpc) is 2.90. The number of nitrogens with zero attached hydrogens (tertiary/aromatic N) is 2. The van der Waals surface area contributed by atoms with E-state index in [0.717, 1.165) is 5.56 Å². The van der Waals surface area contributed by atoms with E-state index in [4.69, 9.17) is 5.26 Å². The molecule has 2 N–H and O–H groups in total. The molecule has 18 heavy (non-hydrogen) atoms. The zero-order chi connectivity index (χ0) is 12.8. The van der Waals surface area contributed by atoms with E-state index >= 15 is 0 Å². The number of pyridine rings is 1. The third-order valence-corrected chi connectivity index (χ3v) is 2.45. The van der Waals surface area contributed by atoms with Gasteiger partial charge in [0.25, 0.3) is 5.91 Å². The van der Waals surface area contributed by atoms with Crippen LogP contribution in [0.5, 0.6) is 0 Å². The van der Waals surface area contributed by atoms with Crippen LogP contribution in [-0.4, -0.2) is 15.9 Å². The fourth-order valence-corrected chi connectivity index (χ4v) is 1.55. The molecule has 0 saturated heterocycles. The first-order valence-electron chi connectivity index (χ1n) is 5.51. The van der Waals surface area contributed by atoms with Gasteiger partial charge in [0, 0.05) is 30.7 Å². The van der Waals surface area contributed by atoms with Gasteiger partial charge in [-0.25, -0.2) is 0 Å². The summed E-state index contributed by atoms with van der Waals surface area (Å²) in [7, 11) is 0. The topological polar surface area (TPSA) is 81.6 Å². The van der Waals surface area contributed by atoms with E-state index in [1.807, 2.05) is 18.3 Å². The minimum absolute atomic E-state index is 0.169. The molecule has 0 aliphatic carbocycles. The van der Waals surface area contributed by atoms with E-state index in [2.05, 4.69) is 15.3 Å². The van der Waals surface area contributed by atoms with Gasteiger partial charge in [-0.1, -0.05) is 0 Å². The summed E-state index contributed by atoms with van der Waals surface area (Å²) in [6.07, 6.45) is 5.38. The predicted molar refractivity (Wildman–Crippen MR) is 65.5 cm³/mol. The number of carbonyl (C=O) groups is 1. The molecule has 0 aliphatic rings. The highest BCUT2D eigenvalue weighted by Gasteiger charge is 2.06. The molecule has 5 heteroatoms. The van der Waals surface area contributed by atoms with Crippen molar-refractivity contribution in [2.45, 2.75) is 13.0 Å². The largest absolute Gasteiger partial charge is 0.367 e. The number of hydrogen-bond donors (Lipinski definition) is 2. The van der Waals surface area contributed by atoms with Crippen LogP contribution in [-0.2, 0) is 13.0 Å². The van der Waals surface area contributed by atoms with Crippen molar-refractivity contribution >= 4 is 5.91 Å². The number of amides is 1. The number of aromatic amines is 1. The van der Waals surface area contributed by atoms with Crippen molar-refractivity contribution < 1.29 is 4.79 Å². The molecule has 0 aromatic carbocycles. The van der Waals surface area contributed by atoms with E-state index in [1.54, 1.807) is 18.3 Å². The Bertz CT molecular complexity index is 569. The molecule has 2 heterocycles. The van der Waals surface area contributed by atoms with E-state index in [1.165, 1.54) is 6.20 Å². The van der Waals surface area contributed by atoms with Gasteiger partial charge in [-0.15, -0.1) is 0 Å². The maximum absolute atomic E-state index is 11.9. The number of carbonyl (C=O) groups excluding carboxylic acids is 1. The molecule has 0 radical (unpaired) electrons. The third kappa shape index (κ3) is 2.95. The van der Waals surface area contributed by atoms with E-state index < -0.39 is 0 Å². The summed E-state index contributed by atoms with van der Waals surface area (Å²) in [6.45, 7) is 0.470. The molecule has 0 atom stereocenters. The van der Waals surface area contributed by atoms with Crippen LogP contribution < -0.4 is 5.32 Å². The van der Waals surface area contributed by atoms with Crippen molar-refractivity contribution in [1.82, 2.24) is 15.3 Å². The number of H-pyrrole nitrogens is 1. The summed E-state index contributed by atoms with van der Waals surface area (Å²) < 4.78 is 0. The lowest BCUT2D eigenvalue weighted by Gasteiger charge is -2.04. The fourth-order valence-electron chi connectivity index (χ4n) is 1.55. The van der Waals surface area contributed by atoms with Gasteiger partial charge >= 0.3 is 0 Å². The van der Waals surface area contributed by atoms with Gasteiger partial charge in [0.1, 0.15) is 0 Å². The summed E-state index contributed by atoms with van der Waals surface area (Å²) in [5, 5.41) is 11.4. The van der Waals surface area contributed by atoms with Crippen molar-refractivity contribution in [3.63, 3.8) is 0 Å². The molecule has 0 fully saturated rings. The molecule has 2 rings (SSSR count). The molecule has 0 unspecified atom stereocenters. The lowest BCUT2D eigenvalue weighted by Crippen LogP contribution is -2.22. The number of nitriles is 1. The van der Waals surface area contributed by atoms with Crippen LogP contribution in [0, 0.1) is 11.3 Å². The quantitative estimate of drug-likeness (QED) is 0.847. The normalized spacial score (nSPS) is 9.72. The number of nitrogens with one attached hydrogen (secondary N) is 2. The van der Waals surface area contributed by atoms with E-state index in [9.17, 15) is 4.79 Å². The maximum atomic E-state index is 11.9. The Labute approximate surface area is 104 Å². The predicted octanol–water partition coefficient (Wildman–Crippen LogP) is 1.41.